The summed E-state index contributed by atoms with van der Waals surface area (Å²) >= 11 is 0. The number of benzene rings is 1. The number of likely N-dealkylation sites (tertiary alicyclic amines) is 1. The van der Waals surface area contributed by atoms with E-state index in [1.807, 2.05) is 35.8 Å². The lowest BCUT2D eigenvalue weighted by molar-refractivity contribution is -0.144. The molecule has 3 aliphatic rings. The smallest absolute Gasteiger partial charge is 0.340 e. The van der Waals surface area contributed by atoms with E-state index in [9.17, 15) is 22.8 Å². The van der Waals surface area contributed by atoms with Crippen LogP contribution in [-0.4, -0.2) is 45.5 Å². The first-order valence-corrected chi connectivity index (χ1v) is 12.6. The molecular formula is C26H31F3N4O2. The van der Waals surface area contributed by atoms with Gasteiger partial charge >= 0.3 is 6.18 Å². The van der Waals surface area contributed by atoms with E-state index < -0.39 is 18.0 Å². The van der Waals surface area contributed by atoms with Crippen LogP contribution in [0, 0.1) is 0 Å². The molecule has 3 heterocycles. The van der Waals surface area contributed by atoms with E-state index >= 15 is 0 Å². The first kappa shape index (κ1) is 23.9. The summed E-state index contributed by atoms with van der Waals surface area (Å²) in [4.78, 5) is 34.5. The number of aromatic nitrogens is 2. The van der Waals surface area contributed by atoms with Gasteiger partial charge in [-0.25, -0.2) is 4.98 Å². The molecule has 5 rings (SSSR count). The highest BCUT2D eigenvalue weighted by Gasteiger charge is 2.59. The topological polar surface area (TPSA) is 58.4 Å². The van der Waals surface area contributed by atoms with Crippen LogP contribution in [-0.2, 0) is 40.9 Å². The fraction of sp³-hybridized carbons (Fsp3) is 0.577. The van der Waals surface area contributed by atoms with Gasteiger partial charge in [0.1, 0.15) is 11.2 Å². The molecule has 0 radical (unpaired) electrons. The number of carbonyl (C=O) groups excluding carboxylic acids is 2. The minimum Gasteiger partial charge on any atom is -0.340 e. The summed E-state index contributed by atoms with van der Waals surface area (Å²) in [7, 11) is 0. The van der Waals surface area contributed by atoms with Gasteiger partial charge in [-0.15, -0.1) is 0 Å². The first-order chi connectivity index (χ1) is 16.7. The Kier molecular flexibility index (Phi) is 6.13. The van der Waals surface area contributed by atoms with E-state index in [1.54, 1.807) is 9.80 Å². The standard InChI is InChI=1S/C26H31F3N4O2/c1-2-8-23(34)31-16-25(17-31)18-9-3-5-11-20(18)33(24(25)35)15-22-30-19-10-4-6-12-21(19)32(22)14-7-13-26(27,28)29/h3,5,9,11H,2,4,6-8,10,12-17H2,1H3. The predicted octanol–water partition coefficient (Wildman–Crippen LogP) is 4.53. The number of fused-ring (bicyclic) bond motifs is 3. The van der Waals surface area contributed by atoms with Crippen LogP contribution < -0.4 is 4.90 Å². The van der Waals surface area contributed by atoms with Crippen molar-refractivity contribution in [3.05, 3.63) is 47.0 Å². The van der Waals surface area contributed by atoms with Crippen molar-refractivity contribution >= 4 is 17.5 Å². The molecule has 1 fully saturated rings. The Morgan fingerprint density at radius 2 is 1.89 bits per heavy atom. The normalized spacial score (nSPS) is 18.6. The highest BCUT2D eigenvalue weighted by molar-refractivity contribution is 6.10. The third-order valence-electron chi connectivity index (χ3n) is 7.56. The molecule has 0 N–H and O–H groups in total. The monoisotopic (exact) mass is 488 g/mol. The number of anilines is 1. The molecule has 2 aromatic rings. The summed E-state index contributed by atoms with van der Waals surface area (Å²) in [6.07, 6.45) is -0.178. The SMILES string of the molecule is CCCC(=O)N1CC2(C1)C(=O)N(Cc1nc3c(n1CCCC(F)(F)F)CCCC3)c1ccccc12. The molecule has 0 bridgehead atoms. The van der Waals surface area contributed by atoms with Crippen molar-refractivity contribution in [2.45, 2.75) is 83.0 Å². The number of imidazole rings is 1. The number of rotatable bonds is 7. The van der Waals surface area contributed by atoms with Crippen LogP contribution in [0.1, 0.15) is 68.2 Å². The summed E-state index contributed by atoms with van der Waals surface area (Å²) in [6.45, 7) is 3.16. The Labute approximate surface area is 203 Å². The van der Waals surface area contributed by atoms with Crippen LogP contribution in [0.15, 0.2) is 24.3 Å². The van der Waals surface area contributed by atoms with Gasteiger partial charge in [0, 0.05) is 43.9 Å². The summed E-state index contributed by atoms with van der Waals surface area (Å²) in [5, 5.41) is 0. The van der Waals surface area contributed by atoms with Gasteiger partial charge in [-0.1, -0.05) is 25.1 Å². The molecule has 2 amide bonds. The second kappa shape index (κ2) is 8.99. The van der Waals surface area contributed by atoms with Crippen molar-refractivity contribution in [1.82, 2.24) is 14.5 Å². The molecule has 35 heavy (non-hydrogen) atoms. The number of alkyl halides is 3. The molecule has 2 aliphatic heterocycles. The highest BCUT2D eigenvalue weighted by atomic mass is 19.4. The number of halogens is 3. The summed E-state index contributed by atoms with van der Waals surface area (Å²) in [5.41, 5.74) is 2.96. The fourth-order valence-electron chi connectivity index (χ4n) is 5.83. The number of carbonyl (C=O) groups is 2. The molecule has 0 saturated carbocycles. The Balaban J connectivity index is 1.42. The van der Waals surface area contributed by atoms with Gasteiger partial charge < -0.3 is 14.4 Å². The number of nitrogens with zero attached hydrogens (tertiary/aromatic N) is 4. The van der Waals surface area contributed by atoms with Gasteiger partial charge in [-0.2, -0.15) is 13.2 Å². The Hall–Kier alpha value is -2.84. The van der Waals surface area contributed by atoms with Crippen LogP contribution in [0.3, 0.4) is 0 Å². The molecule has 1 aromatic heterocycles. The van der Waals surface area contributed by atoms with E-state index in [0.717, 1.165) is 54.7 Å². The van der Waals surface area contributed by atoms with E-state index in [0.29, 0.717) is 25.3 Å². The lowest BCUT2D eigenvalue weighted by atomic mass is 9.74. The van der Waals surface area contributed by atoms with Crippen LogP contribution in [0.25, 0.3) is 0 Å². The second-order valence-corrected chi connectivity index (χ2v) is 9.99. The molecule has 0 atom stereocenters. The fourth-order valence-corrected chi connectivity index (χ4v) is 5.83. The molecular weight excluding hydrogens is 457 g/mol. The summed E-state index contributed by atoms with van der Waals surface area (Å²) < 4.78 is 40.4. The third kappa shape index (κ3) is 4.23. The maximum absolute atomic E-state index is 13.8. The Morgan fingerprint density at radius 3 is 2.63 bits per heavy atom. The molecule has 6 nitrogen and oxygen atoms in total. The van der Waals surface area contributed by atoms with Gasteiger partial charge in [0.05, 0.1) is 12.2 Å². The van der Waals surface area contributed by atoms with Gasteiger partial charge in [-0.3, -0.25) is 9.59 Å². The van der Waals surface area contributed by atoms with Crippen molar-refractivity contribution in [1.29, 1.82) is 0 Å². The first-order valence-electron chi connectivity index (χ1n) is 12.6. The summed E-state index contributed by atoms with van der Waals surface area (Å²) in [5.74, 6) is 0.661. The Morgan fingerprint density at radius 1 is 1.14 bits per heavy atom. The number of hydrogen-bond acceptors (Lipinski definition) is 3. The quantitative estimate of drug-likeness (QED) is 0.576. The number of hydrogen-bond donors (Lipinski definition) is 0. The van der Waals surface area contributed by atoms with E-state index in [-0.39, 0.29) is 31.3 Å². The van der Waals surface area contributed by atoms with Crippen LogP contribution in [0.5, 0.6) is 0 Å². The minimum atomic E-state index is -4.19. The van der Waals surface area contributed by atoms with Crippen molar-refractivity contribution in [2.75, 3.05) is 18.0 Å². The minimum absolute atomic E-state index is 0.0116. The van der Waals surface area contributed by atoms with E-state index in [2.05, 4.69) is 0 Å². The van der Waals surface area contributed by atoms with Gasteiger partial charge in [0.25, 0.3) is 0 Å². The molecule has 1 saturated heterocycles. The highest BCUT2D eigenvalue weighted by Crippen LogP contribution is 2.48. The van der Waals surface area contributed by atoms with Crippen molar-refractivity contribution in [3.8, 4) is 0 Å². The average molecular weight is 489 g/mol. The van der Waals surface area contributed by atoms with E-state index in [4.69, 9.17) is 4.98 Å². The lowest BCUT2D eigenvalue weighted by Gasteiger charge is -2.47. The van der Waals surface area contributed by atoms with Crippen LogP contribution in [0.4, 0.5) is 18.9 Å². The third-order valence-corrected chi connectivity index (χ3v) is 7.56. The maximum atomic E-state index is 13.8. The lowest BCUT2D eigenvalue weighted by Crippen LogP contribution is -2.65. The Bertz CT molecular complexity index is 1130. The number of para-hydroxylation sites is 1. The maximum Gasteiger partial charge on any atom is 0.389 e. The molecule has 1 spiro atoms. The zero-order chi connectivity index (χ0) is 24.8. The average Bonchev–Trinajstić information content (AvgIpc) is 3.25. The number of aryl methyl sites for hydroxylation is 1. The van der Waals surface area contributed by atoms with E-state index in [1.165, 1.54) is 0 Å². The molecule has 188 valence electrons. The van der Waals surface area contributed by atoms with Crippen LogP contribution >= 0.6 is 0 Å². The number of amides is 2. The largest absolute Gasteiger partial charge is 0.389 e. The van der Waals surface area contributed by atoms with Crippen molar-refractivity contribution in [2.24, 2.45) is 0 Å². The summed E-state index contributed by atoms with van der Waals surface area (Å²) in [6, 6.07) is 7.66. The molecule has 1 aromatic carbocycles. The predicted molar refractivity (Wildman–Crippen MR) is 125 cm³/mol. The van der Waals surface area contributed by atoms with Gasteiger partial charge in [0.2, 0.25) is 11.8 Å². The van der Waals surface area contributed by atoms with Crippen molar-refractivity contribution < 1.29 is 22.8 Å². The van der Waals surface area contributed by atoms with Crippen LogP contribution in [0.2, 0.25) is 0 Å². The van der Waals surface area contributed by atoms with Gasteiger partial charge in [0.15, 0.2) is 0 Å². The zero-order valence-electron chi connectivity index (χ0n) is 20.0. The second-order valence-electron chi connectivity index (χ2n) is 9.99. The molecule has 1 aliphatic carbocycles. The van der Waals surface area contributed by atoms with Crippen molar-refractivity contribution in [3.63, 3.8) is 0 Å². The molecule has 9 heteroatoms. The molecule has 0 unspecified atom stereocenters. The van der Waals surface area contributed by atoms with Gasteiger partial charge in [-0.05, 0) is 50.2 Å². The zero-order valence-corrected chi connectivity index (χ0v) is 20.0.